The van der Waals surface area contributed by atoms with Gasteiger partial charge in [0.1, 0.15) is 28.5 Å². The summed E-state index contributed by atoms with van der Waals surface area (Å²) >= 11 is 0. The number of ether oxygens (including phenoxy) is 1. The Balaban J connectivity index is 1.66. The first-order chi connectivity index (χ1) is 14.9. The zero-order valence-corrected chi connectivity index (χ0v) is 16.7. The van der Waals surface area contributed by atoms with Crippen molar-refractivity contribution in [3.05, 3.63) is 82.3 Å². The van der Waals surface area contributed by atoms with Gasteiger partial charge in [0.2, 0.25) is 5.43 Å². The lowest BCUT2D eigenvalue weighted by Gasteiger charge is -2.24. The summed E-state index contributed by atoms with van der Waals surface area (Å²) in [5.74, 6) is 0.356. The first kappa shape index (κ1) is 21.0. The molecule has 0 aliphatic heterocycles. The van der Waals surface area contributed by atoms with E-state index in [4.69, 9.17) is 14.9 Å². The first-order valence-electron chi connectivity index (χ1n) is 9.84. The highest BCUT2D eigenvalue weighted by Gasteiger charge is 2.22. The molecule has 4 N–H and O–H groups in total. The Morgan fingerprint density at radius 2 is 1.71 bits per heavy atom. The zero-order chi connectivity index (χ0) is 22.0. The molecule has 0 fully saturated rings. The number of rotatable bonds is 7. The van der Waals surface area contributed by atoms with Crippen LogP contribution in [0.3, 0.4) is 0 Å². The molecule has 0 unspecified atom stereocenters. The number of hydrogen-bond donors (Lipinski definition) is 3. The lowest BCUT2D eigenvalue weighted by atomic mass is 9.93. The molecule has 7 heteroatoms. The van der Waals surface area contributed by atoms with E-state index in [-0.39, 0.29) is 18.6 Å². The van der Waals surface area contributed by atoms with Gasteiger partial charge in [-0.05, 0) is 54.8 Å². The number of hydrogen-bond acceptors (Lipinski definition) is 6. The van der Waals surface area contributed by atoms with Gasteiger partial charge in [-0.1, -0.05) is 12.1 Å². The van der Waals surface area contributed by atoms with Gasteiger partial charge >= 0.3 is 0 Å². The Bertz CT molecular complexity index is 1300. The highest BCUT2D eigenvalue weighted by molar-refractivity contribution is 5.90. The largest absolute Gasteiger partial charge is 0.457 e. The van der Waals surface area contributed by atoms with Crippen LogP contribution in [0.25, 0.3) is 21.9 Å². The maximum absolute atomic E-state index is 13.4. The third-order valence-electron chi connectivity index (χ3n) is 5.28. The van der Waals surface area contributed by atoms with E-state index in [0.717, 1.165) is 5.56 Å². The number of aryl methyl sites for hydroxylation is 1. The van der Waals surface area contributed by atoms with E-state index in [1.165, 1.54) is 12.1 Å². The summed E-state index contributed by atoms with van der Waals surface area (Å²) in [6, 6.07) is 15.9. The summed E-state index contributed by atoms with van der Waals surface area (Å²) in [7, 11) is 0. The second-order valence-corrected chi connectivity index (χ2v) is 7.66. The molecule has 31 heavy (non-hydrogen) atoms. The van der Waals surface area contributed by atoms with Crippen molar-refractivity contribution in [1.29, 1.82) is 0 Å². The molecule has 0 amide bonds. The Morgan fingerprint density at radius 1 is 0.935 bits per heavy atom. The summed E-state index contributed by atoms with van der Waals surface area (Å²) < 4.78 is 25.0. The average Bonchev–Trinajstić information content (AvgIpc) is 2.78. The van der Waals surface area contributed by atoms with E-state index in [0.29, 0.717) is 46.3 Å². The third kappa shape index (κ3) is 4.44. The van der Waals surface area contributed by atoms with Crippen molar-refractivity contribution >= 4 is 21.9 Å². The van der Waals surface area contributed by atoms with Crippen molar-refractivity contribution in [3.8, 4) is 11.5 Å². The van der Waals surface area contributed by atoms with Crippen LogP contribution in [0.4, 0.5) is 4.39 Å². The highest BCUT2D eigenvalue weighted by Crippen LogP contribution is 2.27. The van der Waals surface area contributed by atoms with Crippen LogP contribution in [0.15, 0.2) is 69.9 Å². The molecule has 4 rings (SSSR count). The fourth-order valence-electron chi connectivity index (χ4n) is 3.37. The Labute approximate surface area is 177 Å². The minimum absolute atomic E-state index is 0.182. The zero-order valence-electron chi connectivity index (χ0n) is 16.7. The molecule has 0 aliphatic carbocycles. The van der Waals surface area contributed by atoms with Gasteiger partial charge in [0, 0.05) is 12.1 Å². The standard InChI is InChI=1S/C24H22FNO5/c25-16-2-1-3-17(11-16)30-18-5-6-19-22(12-18)31-21-7-4-15(10-20(21)23(19)29)8-9-24(26,13-27)14-28/h1-7,10-12,27-28H,8-9,13-14,26H2. The van der Waals surface area contributed by atoms with Gasteiger partial charge < -0.3 is 25.1 Å². The molecular weight excluding hydrogens is 401 g/mol. The van der Waals surface area contributed by atoms with Gasteiger partial charge in [-0.25, -0.2) is 4.39 Å². The van der Waals surface area contributed by atoms with Gasteiger partial charge in [0.05, 0.1) is 29.5 Å². The Hall–Kier alpha value is -3.26. The maximum atomic E-state index is 13.4. The maximum Gasteiger partial charge on any atom is 0.200 e. The summed E-state index contributed by atoms with van der Waals surface area (Å²) in [5.41, 5.74) is 6.31. The number of benzene rings is 3. The predicted molar refractivity (Wildman–Crippen MR) is 116 cm³/mol. The van der Waals surface area contributed by atoms with Crippen LogP contribution in [0.5, 0.6) is 11.5 Å². The molecule has 160 valence electrons. The Morgan fingerprint density at radius 3 is 2.45 bits per heavy atom. The van der Waals surface area contributed by atoms with Gasteiger partial charge in [-0.2, -0.15) is 0 Å². The van der Waals surface area contributed by atoms with Crippen LogP contribution in [-0.4, -0.2) is 29.0 Å². The number of fused-ring (bicyclic) bond motifs is 2. The number of aliphatic hydroxyl groups is 2. The quantitative estimate of drug-likeness (QED) is 0.393. The SMILES string of the molecule is NC(CO)(CO)CCc1ccc2oc3cc(Oc4cccc(F)c4)ccc3c(=O)c2c1. The van der Waals surface area contributed by atoms with E-state index in [2.05, 4.69) is 0 Å². The molecule has 1 heterocycles. The highest BCUT2D eigenvalue weighted by atomic mass is 19.1. The average molecular weight is 423 g/mol. The summed E-state index contributed by atoms with van der Waals surface area (Å²) in [5, 5.41) is 19.5. The molecular formula is C24H22FNO5. The van der Waals surface area contributed by atoms with Crippen LogP contribution in [0, 0.1) is 5.82 Å². The Kier molecular flexibility index (Phi) is 5.73. The van der Waals surface area contributed by atoms with Crippen molar-refractivity contribution in [2.75, 3.05) is 13.2 Å². The molecule has 1 aromatic heterocycles. The fourth-order valence-corrected chi connectivity index (χ4v) is 3.37. The van der Waals surface area contributed by atoms with E-state index in [1.54, 1.807) is 42.5 Å². The molecule has 0 bridgehead atoms. The second-order valence-electron chi connectivity index (χ2n) is 7.66. The van der Waals surface area contributed by atoms with Gasteiger partial charge in [0.25, 0.3) is 0 Å². The van der Waals surface area contributed by atoms with E-state index in [9.17, 15) is 19.4 Å². The first-order valence-corrected chi connectivity index (χ1v) is 9.84. The topological polar surface area (TPSA) is 106 Å². The van der Waals surface area contributed by atoms with Crippen molar-refractivity contribution in [3.63, 3.8) is 0 Å². The number of halogens is 1. The molecule has 0 aliphatic rings. The van der Waals surface area contributed by atoms with Crippen LogP contribution < -0.4 is 15.9 Å². The van der Waals surface area contributed by atoms with Crippen LogP contribution in [0.1, 0.15) is 12.0 Å². The van der Waals surface area contributed by atoms with Crippen LogP contribution >= 0.6 is 0 Å². The normalized spacial score (nSPS) is 11.9. The molecule has 4 aromatic rings. The van der Waals surface area contributed by atoms with E-state index < -0.39 is 11.4 Å². The lowest BCUT2D eigenvalue weighted by molar-refractivity contribution is 0.115. The van der Waals surface area contributed by atoms with Gasteiger partial charge in [-0.15, -0.1) is 0 Å². The predicted octanol–water partition coefficient (Wildman–Crippen LogP) is 3.49. The van der Waals surface area contributed by atoms with Crippen molar-refractivity contribution in [2.45, 2.75) is 18.4 Å². The minimum Gasteiger partial charge on any atom is -0.457 e. The van der Waals surface area contributed by atoms with Crippen LogP contribution in [-0.2, 0) is 6.42 Å². The molecule has 6 nitrogen and oxygen atoms in total. The molecule has 0 radical (unpaired) electrons. The van der Waals surface area contributed by atoms with Gasteiger partial charge in [0.15, 0.2) is 0 Å². The number of nitrogens with two attached hydrogens (primary N) is 1. The minimum atomic E-state index is -1.07. The monoisotopic (exact) mass is 423 g/mol. The smallest absolute Gasteiger partial charge is 0.200 e. The summed E-state index contributed by atoms with van der Waals surface area (Å²) in [6.07, 6.45) is 0.858. The van der Waals surface area contributed by atoms with E-state index >= 15 is 0 Å². The second kappa shape index (κ2) is 8.47. The third-order valence-corrected chi connectivity index (χ3v) is 5.28. The fraction of sp³-hybridized carbons (Fsp3) is 0.208. The van der Waals surface area contributed by atoms with E-state index in [1.807, 2.05) is 6.07 Å². The molecule has 3 aromatic carbocycles. The number of aliphatic hydroxyl groups excluding tert-OH is 2. The van der Waals surface area contributed by atoms with Crippen LogP contribution in [0.2, 0.25) is 0 Å². The molecule has 0 spiro atoms. The molecule has 0 saturated heterocycles. The van der Waals surface area contributed by atoms with Gasteiger partial charge in [-0.3, -0.25) is 4.79 Å². The van der Waals surface area contributed by atoms with Crippen molar-refractivity contribution < 1.29 is 23.8 Å². The van der Waals surface area contributed by atoms with Crippen molar-refractivity contribution in [2.24, 2.45) is 5.73 Å². The summed E-state index contributed by atoms with van der Waals surface area (Å²) in [6.45, 7) is -0.659. The molecule has 0 saturated carbocycles. The lowest BCUT2D eigenvalue weighted by Crippen LogP contribution is -2.47. The summed E-state index contributed by atoms with van der Waals surface area (Å²) in [4.78, 5) is 13.0. The molecule has 0 atom stereocenters. The van der Waals surface area contributed by atoms with Crippen molar-refractivity contribution in [1.82, 2.24) is 0 Å².